The minimum atomic E-state index is -1.71. The fourth-order valence-corrected chi connectivity index (χ4v) is 9.19. The van der Waals surface area contributed by atoms with E-state index in [1.807, 2.05) is 0 Å². The van der Waals surface area contributed by atoms with Gasteiger partial charge in [0.15, 0.2) is 0 Å². The summed E-state index contributed by atoms with van der Waals surface area (Å²) < 4.78 is 0. The van der Waals surface area contributed by atoms with Gasteiger partial charge in [0, 0.05) is 6.04 Å². The largest absolute Gasteiger partial charge is 0.0975 e. The van der Waals surface area contributed by atoms with Gasteiger partial charge in [-0.2, -0.15) is 0 Å². The van der Waals surface area contributed by atoms with E-state index >= 15 is 0 Å². The van der Waals surface area contributed by atoms with Crippen LogP contribution in [0, 0.1) is 0 Å². The molecule has 0 fully saturated rings. The Morgan fingerprint density at radius 1 is 0.667 bits per heavy atom. The van der Waals surface area contributed by atoms with E-state index in [2.05, 4.69) is 74.5 Å². The smallest absolute Gasteiger partial charge is 0.0106 e. The lowest BCUT2D eigenvalue weighted by Crippen LogP contribution is -2.18. The van der Waals surface area contributed by atoms with Gasteiger partial charge in [-0.25, -0.2) is 0 Å². The molecule has 130 valence electrons. The molecule has 0 amide bonds. The second-order valence-corrected chi connectivity index (χ2v) is 17.2. The van der Waals surface area contributed by atoms with Crippen LogP contribution >= 0.6 is 12.1 Å². The van der Waals surface area contributed by atoms with Gasteiger partial charge >= 0.3 is 0 Å². The van der Waals surface area contributed by atoms with Crippen LogP contribution in [0.25, 0.3) is 0 Å². The molecule has 0 aliphatic rings. The van der Waals surface area contributed by atoms with Crippen LogP contribution in [0.3, 0.4) is 0 Å². The fourth-order valence-electron chi connectivity index (χ4n) is 3.02. The SMILES string of the molecule is CCP(=S)(CC)CCCCP(=S)(c1ccccc1)c1ccccc1. The summed E-state index contributed by atoms with van der Waals surface area (Å²) in [6.45, 7) is 4.53. The molecule has 2 aromatic carbocycles. The molecule has 0 saturated carbocycles. The quantitative estimate of drug-likeness (QED) is 0.412. The average molecular weight is 395 g/mol. The van der Waals surface area contributed by atoms with Crippen molar-refractivity contribution in [1.82, 2.24) is 0 Å². The molecule has 2 rings (SSSR count). The van der Waals surface area contributed by atoms with Crippen LogP contribution in [-0.2, 0) is 23.6 Å². The Labute approximate surface area is 158 Å². The Kier molecular flexibility index (Phi) is 7.89. The van der Waals surface area contributed by atoms with Gasteiger partial charge in [0.1, 0.15) is 0 Å². The zero-order chi connectivity index (χ0) is 17.5. The van der Waals surface area contributed by atoms with Gasteiger partial charge in [0.25, 0.3) is 0 Å². The van der Waals surface area contributed by atoms with Crippen molar-refractivity contribution in [2.45, 2.75) is 26.7 Å². The van der Waals surface area contributed by atoms with Crippen molar-refractivity contribution in [3.8, 4) is 0 Å². The lowest BCUT2D eigenvalue weighted by molar-refractivity contribution is 0.896. The van der Waals surface area contributed by atoms with Crippen LogP contribution in [0.2, 0.25) is 0 Å². The summed E-state index contributed by atoms with van der Waals surface area (Å²) in [7, 11) is 0. The highest BCUT2D eigenvalue weighted by molar-refractivity contribution is 8.21. The summed E-state index contributed by atoms with van der Waals surface area (Å²) in [6, 6.07) is 18.7. The van der Waals surface area contributed by atoms with Gasteiger partial charge in [-0.15, -0.1) is 0 Å². The predicted molar refractivity (Wildman–Crippen MR) is 121 cm³/mol. The van der Waals surface area contributed by atoms with Crippen molar-refractivity contribution < 1.29 is 0 Å². The molecule has 0 saturated heterocycles. The summed E-state index contributed by atoms with van der Waals surface area (Å²) in [5.41, 5.74) is 0. The second-order valence-electron chi connectivity index (χ2n) is 6.26. The summed E-state index contributed by atoms with van der Waals surface area (Å²) in [5.74, 6) is 0. The molecule has 0 spiro atoms. The molecule has 0 aliphatic heterocycles. The normalized spacial score (nSPS) is 12.2. The average Bonchev–Trinajstić information content (AvgIpc) is 2.66. The molecule has 4 heteroatoms. The van der Waals surface area contributed by atoms with Crippen LogP contribution < -0.4 is 10.6 Å². The molecule has 0 aromatic heterocycles. The monoisotopic (exact) mass is 394 g/mol. The van der Waals surface area contributed by atoms with E-state index in [1.165, 1.54) is 41.9 Å². The first-order chi connectivity index (χ1) is 11.5. The Morgan fingerprint density at radius 3 is 1.50 bits per heavy atom. The molecule has 0 bridgehead atoms. The fraction of sp³-hybridized carbons (Fsp3) is 0.400. The standard InChI is InChI=1S/C20H28P2S2/c1-3-21(23,4-2)17-11-12-18-22(24,19-13-7-5-8-14-19)20-15-9-6-10-16-20/h5-10,13-16H,3-4,11-12,17-18H2,1-2H3. The zero-order valence-corrected chi connectivity index (χ0v) is 18.1. The summed E-state index contributed by atoms with van der Waals surface area (Å²) in [4.78, 5) is 0. The molecule has 0 atom stereocenters. The van der Waals surface area contributed by atoms with Gasteiger partial charge < -0.3 is 0 Å². The van der Waals surface area contributed by atoms with Gasteiger partial charge in [-0.1, -0.05) is 98.1 Å². The van der Waals surface area contributed by atoms with Crippen LogP contribution in [0.4, 0.5) is 0 Å². The van der Waals surface area contributed by atoms with E-state index in [0.29, 0.717) is 0 Å². The van der Waals surface area contributed by atoms with Crippen molar-refractivity contribution in [1.29, 1.82) is 0 Å². The lowest BCUT2D eigenvalue weighted by Gasteiger charge is -2.24. The van der Waals surface area contributed by atoms with E-state index in [-0.39, 0.29) is 0 Å². The maximum absolute atomic E-state index is 6.29. The Hall–Kier alpha value is -0.260. The van der Waals surface area contributed by atoms with E-state index in [1.54, 1.807) is 0 Å². The Bertz CT molecular complexity index is 659. The zero-order valence-electron chi connectivity index (χ0n) is 14.7. The van der Waals surface area contributed by atoms with E-state index in [9.17, 15) is 0 Å². The second kappa shape index (κ2) is 9.44. The first-order valence-corrected chi connectivity index (χ1v) is 15.2. The van der Waals surface area contributed by atoms with Gasteiger partial charge in [0.2, 0.25) is 0 Å². The van der Waals surface area contributed by atoms with Crippen molar-refractivity contribution in [3.05, 3.63) is 60.7 Å². The minimum Gasteiger partial charge on any atom is -0.0975 e. The minimum absolute atomic E-state index is 1.10. The van der Waals surface area contributed by atoms with E-state index in [0.717, 1.165) is 6.16 Å². The number of hydrogen-bond donors (Lipinski definition) is 0. The highest BCUT2D eigenvalue weighted by Gasteiger charge is 2.22. The van der Waals surface area contributed by atoms with E-state index < -0.39 is 12.1 Å². The van der Waals surface area contributed by atoms with E-state index in [4.69, 9.17) is 23.6 Å². The van der Waals surface area contributed by atoms with Gasteiger partial charge in [-0.3, -0.25) is 0 Å². The van der Waals surface area contributed by atoms with Crippen molar-refractivity contribution in [2.24, 2.45) is 0 Å². The van der Waals surface area contributed by atoms with Crippen molar-refractivity contribution >= 4 is 46.3 Å². The molecule has 0 nitrogen and oxygen atoms in total. The van der Waals surface area contributed by atoms with Crippen LogP contribution in [0.1, 0.15) is 26.7 Å². The summed E-state index contributed by atoms with van der Waals surface area (Å²) >= 11 is 12.2. The summed E-state index contributed by atoms with van der Waals surface area (Å²) in [6.07, 6.45) is 7.18. The highest BCUT2D eigenvalue weighted by Crippen LogP contribution is 2.48. The lowest BCUT2D eigenvalue weighted by atomic mass is 10.4. The molecule has 0 unspecified atom stereocenters. The first-order valence-electron chi connectivity index (χ1n) is 8.81. The molecule has 0 radical (unpaired) electrons. The number of rotatable bonds is 9. The molecular weight excluding hydrogens is 366 g/mol. The maximum atomic E-state index is 6.29. The highest BCUT2D eigenvalue weighted by atomic mass is 32.4. The van der Waals surface area contributed by atoms with Crippen molar-refractivity contribution in [2.75, 3.05) is 24.6 Å². The Morgan fingerprint density at radius 2 is 1.08 bits per heavy atom. The third-order valence-electron chi connectivity index (χ3n) is 4.79. The third kappa shape index (κ3) is 5.12. The topological polar surface area (TPSA) is 0 Å². The van der Waals surface area contributed by atoms with Gasteiger partial charge in [-0.05, 0) is 54.1 Å². The summed E-state index contributed by atoms with van der Waals surface area (Å²) in [5, 5.41) is 2.69. The maximum Gasteiger partial charge on any atom is 0.0106 e. The molecule has 0 aliphatic carbocycles. The number of unbranched alkanes of at least 4 members (excludes halogenated alkanes) is 1. The molecule has 0 heterocycles. The number of benzene rings is 2. The third-order valence-corrected chi connectivity index (χ3v) is 15.3. The molecule has 24 heavy (non-hydrogen) atoms. The first kappa shape index (κ1) is 20.1. The van der Waals surface area contributed by atoms with Crippen LogP contribution in [0.15, 0.2) is 60.7 Å². The van der Waals surface area contributed by atoms with Crippen LogP contribution in [0.5, 0.6) is 0 Å². The Balaban J connectivity index is 2.14. The van der Waals surface area contributed by atoms with Crippen LogP contribution in [-0.4, -0.2) is 24.6 Å². The van der Waals surface area contributed by atoms with Crippen molar-refractivity contribution in [3.63, 3.8) is 0 Å². The number of hydrogen-bond acceptors (Lipinski definition) is 2. The predicted octanol–water partition coefficient (Wildman–Crippen LogP) is 5.42. The molecule has 0 N–H and O–H groups in total. The van der Waals surface area contributed by atoms with Gasteiger partial charge in [0.05, 0.1) is 0 Å². The molecular formula is C20H28P2S2. The molecule has 2 aromatic rings.